The van der Waals surface area contributed by atoms with E-state index in [0.717, 1.165) is 5.52 Å². The third-order valence-electron chi connectivity index (χ3n) is 5.76. The molecule has 33 heavy (non-hydrogen) atoms. The maximum atomic E-state index is 13.7. The van der Waals surface area contributed by atoms with E-state index < -0.39 is 23.8 Å². The van der Waals surface area contributed by atoms with Crippen LogP contribution in [0.2, 0.25) is 0 Å². The minimum absolute atomic E-state index is 0.157. The van der Waals surface area contributed by atoms with Gasteiger partial charge in [0.25, 0.3) is 0 Å². The number of para-hydroxylation sites is 2. The molecule has 3 aromatic rings. The quantitative estimate of drug-likeness (QED) is 0.383. The van der Waals surface area contributed by atoms with Gasteiger partial charge in [-0.05, 0) is 31.2 Å². The largest absolute Gasteiger partial charge is 0.497 e. The van der Waals surface area contributed by atoms with Gasteiger partial charge in [-0.25, -0.2) is 4.98 Å². The van der Waals surface area contributed by atoms with Crippen molar-refractivity contribution in [3.05, 3.63) is 48.0 Å². The lowest BCUT2D eigenvalue weighted by atomic mass is 9.88. The molecule has 0 aliphatic carbocycles. The smallest absolute Gasteiger partial charge is 0.321 e. The second-order valence-corrected chi connectivity index (χ2v) is 7.54. The number of imidazole rings is 1. The molecule has 0 saturated carbocycles. The number of carbonyl (C=O) groups is 2. The number of nitrogens with zero attached hydrogens (tertiary/aromatic N) is 3. The average molecular weight is 453 g/mol. The number of esters is 1. The molecule has 9 heteroatoms. The molecule has 2 aromatic carbocycles. The second kappa shape index (κ2) is 9.50. The zero-order valence-corrected chi connectivity index (χ0v) is 19.1. The fourth-order valence-corrected chi connectivity index (χ4v) is 4.28. The molecule has 1 aliphatic heterocycles. The number of anilines is 1. The van der Waals surface area contributed by atoms with Gasteiger partial charge in [-0.1, -0.05) is 12.1 Å². The number of ether oxygens (including phenoxy) is 4. The predicted molar refractivity (Wildman–Crippen MR) is 122 cm³/mol. The molecule has 0 unspecified atom stereocenters. The first-order valence-corrected chi connectivity index (χ1v) is 10.7. The highest BCUT2D eigenvalue weighted by Crippen LogP contribution is 2.44. The predicted octanol–water partition coefficient (Wildman–Crippen LogP) is 2.82. The lowest BCUT2D eigenvalue weighted by molar-refractivity contribution is -0.153. The molecule has 1 aromatic heterocycles. The highest BCUT2D eigenvalue weighted by Gasteiger charge is 2.48. The highest BCUT2D eigenvalue weighted by atomic mass is 16.5. The first-order chi connectivity index (χ1) is 16.0. The molecule has 1 amide bonds. The van der Waals surface area contributed by atoms with E-state index in [1.54, 1.807) is 40.4 Å². The molecule has 0 spiro atoms. The summed E-state index contributed by atoms with van der Waals surface area (Å²) in [6.07, 6.45) is 0. The van der Waals surface area contributed by atoms with Gasteiger partial charge < -0.3 is 23.5 Å². The third kappa shape index (κ3) is 3.89. The van der Waals surface area contributed by atoms with Gasteiger partial charge in [-0.15, -0.1) is 0 Å². The van der Waals surface area contributed by atoms with Crippen LogP contribution in [0.15, 0.2) is 42.5 Å². The fraction of sp³-hybridized carbons (Fsp3) is 0.375. The molecule has 1 aliphatic rings. The highest BCUT2D eigenvalue weighted by molar-refractivity contribution is 6.08. The number of rotatable bonds is 8. The lowest BCUT2D eigenvalue weighted by Gasteiger charge is -2.38. The molecule has 0 fully saturated rings. The summed E-state index contributed by atoms with van der Waals surface area (Å²) in [6, 6.07) is 12.2. The Morgan fingerprint density at radius 2 is 1.88 bits per heavy atom. The zero-order chi connectivity index (χ0) is 23.5. The van der Waals surface area contributed by atoms with Gasteiger partial charge in [0.15, 0.2) is 5.92 Å². The molecule has 0 N–H and O–H groups in total. The molecule has 4 rings (SSSR count). The summed E-state index contributed by atoms with van der Waals surface area (Å²) >= 11 is 0. The van der Waals surface area contributed by atoms with E-state index in [1.807, 2.05) is 34.9 Å². The van der Waals surface area contributed by atoms with Gasteiger partial charge in [0.2, 0.25) is 11.9 Å². The SMILES string of the molecule is CCOC(=O)[C@@H]1C(=O)N(CCOC)c2nc3ccccc3n2[C@H]1c1ccc(OC)cc1OC. The topological polar surface area (TPSA) is 92.1 Å². The van der Waals surface area contributed by atoms with Crippen molar-refractivity contribution in [1.82, 2.24) is 9.55 Å². The maximum Gasteiger partial charge on any atom is 0.321 e. The van der Waals surface area contributed by atoms with E-state index >= 15 is 0 Å². The summed E-state index contributed by atoms with van der Waals surface area (Å²) in [6.45, 7) is 2.42. The Labute approximate surface area is 191 Å². The Morgan fingerprint density at radius 1 is 1.09 bits per heavy atom. The van der Waals surface area contributed by atoms with Crippen LogP contribution >= 0.6 is 0 Å². The molecule has 0 bridgehead atoms. The summed E-state index contributed by atoms with van der Waals surface area (Å²) in [7, 11) is 4.67. The van der Waals surface area contributed by atoms with Crippen molar-refractivity contribution in [2.75, 3.05) is 46.0 Å². The van der Waals surface area contributed by atoms with Gasteiger partial charge in [0.1, 0.15) is 11.5 Å². The van der Waals surface area contributed by atoms with Crippen LogP contribution in [0.25, 0.3) is 11.0 Å². The lowest BCUT2D eigenvalue weighted by Crippen LogP contribution is -2.51. The number of amides is 1. The Balaban J connectivity index is 2.01. The summed E-state index contributed by atoms with van der Waals surface area (Å²) < 4.78 is 23.5. The van der Waals surface area contributed by atoms with Gasteiger partial charge >= 0.3 is 5.97 Å². The van der Waals surface area contributed by atoms with Crippen molar-refractivity contribution in [3.63, 3.8) is 0 Å². The van der Waals surface area contributed by atoms with Gasteiger partial charge in [0, 0.05) is 18.7 Å². The van der Waals surface area contributed by atoms with Crippen LogP contribution in [0.3, 0.4) is 0 Å². The van der Waals surface area contributed by atoms with Crippen LogP contribution in [-0.4, -0.2) is 62.5 Å². The average Bonchev–Trinajstić information content (AvgIpc) is 3.21. The summed E-state index contributed by atoms with van der Waals surface area (Å²) in [5.74, 6) is -0.582. The number of fused-ring (bicyclic) bond motifs is 3. The number of aromatic nitrogens is 2. The van der Waals surface area contributed by atoms with Crippen LogP contribution in [0, 0.1) is 5.92 Å². The van der Waals surface area contributed by atoms with Crippen molar-refractivity contribution in [3.8, 4) is 11.5 Å². The van der Waals surface area contributed by atoms with Crippen molar-refractivity contribution < 1.29 is 28.5 Å². The van der Waals surface area contributed by atoms with Crippen molar-refractivity contribution >= 4 is 28.9 Å². The number of methoxy groups -OCH3 is 3. The number of carbonyl (C=O) groups excluding carboxylic acids is 2. The van der Waals surface area contributed by atoms with Crippen molar-refractivity contribution in [1.29, 1.82) is 0 Å². The van der Waals surface area contributed by atoms with Gasteiger partial charge in [0.05, 0.1) is 51.1 Å². The molecule has 0 radical (unpaired) electrons. The van der Waals surface area contributed by atoms with Crippen LogP contribution < -0.4 is 14.4 Å². The molecule has 2 atom stereocenters. The van der Waals surface area contributed by atoms with Crippen LogP contribution in [0.1, 0.15) is 18.5 Å². The number of hydrogen-bond donors (Lipinski definition) is 0. The molecule has 2 heterocycles. The van der Waals surface area contributed by atoms with E-state index in [2.05, 4.69) is 0 Å². The van der Waals surface area contributed by atoms with Crippen molar-refractivity contribution in [2.24, 2.45) is 5.92 Å². The minimum Gasteiger partial charge on any atom is -0.497 e. The summed E-state index contributed by atoms with van der Waals surface area (Å²) in [5.41, 5.74) is 2.16. The van der Waals surface area contributed by atoms with E-state index in [4.69, 9.17) is 23.9 Å². The standard InChI is InChI=1S/C24H27N3O6/c1-5-33-23(29)20-21(16-11-10-15(31-3)14-19(16)32-4)27-18-9-7-6-8-17(18)25-24(27)26(22(20)28)12-13-30-2/h6-11,14,20-21H,5,12-13H2,1-4H3/t20-,21-/m0/s1. The summed E-state index contributed by atoms with van der Waals surface area (Å²) in [4.78, 5) is 33.2. The molecule has 9 nitrogen and oxygen atoms in total. The molecular formula is C24H27N3O6. The molecular weight excluding hydrogens is 426 g/mol. The van der Waals surface area contributed by atoms with Crippen LogP contribution in [0.5, 0.6) is 11.5 Å². The maximum absolute atomic E-state index is 13.7. The summed E-state index contributed by atoms with van der Waals surface area (Å²) in [5, 5.41) is 0. The Kier molecular flexibility index (Phi) is 6.50. The van der Waals surface area contributed by atoms with E-state index in [0.29, 0.717) is 35.1 Å². The Bertz CT molecular complexity index is 1170. The second-order valence-electron chi connectivity index (χ2n) is 7.54. The first-order valence-electron chi connectivity index (χ1n) is 10.7. The zero-order valence-electron chi connectivity index (χ0n) is 19.1. The van der Waals surface area contributed by atoms with Gasteiger partial charge in [-0.3, -0.25) is 14.5 Å². The molecule has 174 valence electrons. The van der Waals surface area contributed by atoms with E-state index in [9.17, 15) is 9.59 Å². The van der Waals surface area contributed by atoms with E-state index in [-0.39, 0.29) is 13.2 Å². The van der Waals surface area contributed by atoms with Crippen LogP contribution in [-0.2, 0) is 19.1 Å². The van der Waals surface area contributed by atoms with Crippen molar-refractivity contribution in [2.45, 2.75) is 13.0 Å². The molecule has 0 saturated heterocycles. The first kappa shape index (κ1) is 22.6. The van der Waals surface area contributed by atoms with Gasteiger partial charge in [-0.2, -0.15) is 0 Å². The third-order valence-corrected chi connectivity index (χ3v) is 5.76. The van der Waals surface area contributed by atoms with E-state index in [1.165, 1.54) is 4.90 Å². The number of benzene rings is 2. The van der Waals surface area contributed by atoms with Crippen LogP contribution in [0.4, 0.5) is 5.95 Å². The Hall–Kier alpha value is -3.59. The minimum atomic E-state index is -1.13. The Morgan fingerprint density at radius 3 is 2.58 bits per heavy atom. The fourth-order valence-electron chi connectivity index (χ4n) is 4.28. The monoisotopic (exact) mass is 453 g/mol. The normalized spacial score (nSPS) is 17.7. The number of hydrogen-bond acceptors (Lipinski definition) is 7.